The van der Waals surface area contributed by atoms with Crippen LogP contribution in [0.4, 0.5) is 0 Å². The van der Waals surface area contributed by atoms with Gasteiger partial charge in [-0.25, -0.2) is 4.99 Å². The number of allylic oxidation sites excluding steroid dienone is 3. The van der Waals surface area contributed by atoms with E-state index in [1.54, 1.807) is 0 Å². The molecule has 4 N–H and O–H groups in total. The number of aliphatic carboxylic acids is 2. The Bertz CT molecular complexity index is 1710. The van der Waals surface area contributed by atoms with Crippen LogP contribution in [0.2, 0.25) is 0 Å². The normalized spacial score (nSPS) is 29.9. The first-order valence-corrected chi connectivity index (χ1v) is 14.3. The minimum absolute atomic E-state index is 0.0872. The van der Waals surface area contributed by atoms with Crippen molar-refractivity contribution in [2.45, 2.75) is 70.0 Å². The molecule has 5 heterocycles. The second-order valence-electron chi connectivity index (χ2n) is 11.8. The molecule has 8 nitrogen and oxygen atoms in total. The first kappa shape index (κ1) is 29.2. The summed E-state index contributed by atoms with van der Waals surface area (Å²) in [6, 6.07) is 3.94. The van der Waals surface area contributed by atoms with Gasteiger partial charge in [-0.3, -0.25) is 19.9 Å². The van der Waals surface area contributed by atoms with Crippen molar-refractivity contribution < 1.29 is 19.8 Å². The molecule has 4 aliphatic rings. The van der Waals surface area contributed by atoms with Gasteiger partial charge >= 0.3 is 11.9 Å². The number of aromatic amines is 1. The minimum Gasteiger partial charge on any atom is -0.481 e. The van der Waals surface area contributed by atoms with E-state index in [9.17, 15) is 19.8 Å². The van der Waals surface area contributed by atoms with Crippen LogP contribution in [-0.4, -0.2) is 55.2 Å². The molecule has 0 aliphatic carbocycles. The van der Waals surface area contributed by atoms with Gasteiger partial charge in [0, 0.05) is 29.5 Å². The van der Waals surface area contributed by atoms with Crippen LogP contribution in [0.3, 0.4) is 0 Å². The highest BCUT2D eigenvalue weighted by molar-refractivity contribution is 6.22. The Balaban J connectivity index is 1.85. The fraction of sp³-hybridized carbons (Fsp3) is 0.353. The Hall–Kier alpha value is -4.30. The lowest BCUT2D eigenvalue weighted by Crippen LogP contribution is -2.59. The molecule has 0 aromatic carbocycles. The molecule has 1 aromatic rings. The highest BCUT2D eigenvalue weighted by Gasteiger charge is 2.57. The van der Waals surface area contributed by atoms with Gasteiger partial charge in [0.15, 0.2) is 0 Å². The van der Waals surface area contributed by atoms with Crippen molar-refractivity contribution in [1.82, 2.24) is 10.3 Å². The molecule has 8 heteroatoms. The highest BCUT2D eigenvalue weighted by Crippen LogP contribution is 2.53. The van der Waals surface area contributed by atoms with Gasteiger partial charge in [-0.2, -0.15) is 0 Å². The predicted octanol–water partition coefficient (Wildman–Crippen LogP) is 4.15. The molecule has 0 spiro atoms. The molecule has 5 rings (SSSR count). The molecule has 8 bridgehead atoms. The molecule has 0 saturated carbocycles. The SMILES string of the molecule is C=CC1=C(C)C2(C=C)NC1(C)C=C1C=CC(=N1)C=c1ccc([nH]1)=CC1=NC(CCC(=O)O)(C(CCC(=O)O)=C1C)C2C. The van der Waals surface area contributed by atoms with E-state index in [0.717, 1.165) is 44.4 Å². The van der Waals surface area contributed by atoms with E-state index in [0.29, 0.717) is 5.71 Å². The number of rotatable bonds is 8. The van der Waals surface area contributed by atoms with Crippen LogP contribution in [0.25, 0.3) is 12.2 Å². The van der Waals surface area contributed by atoms with Crippen LogP contribution in [0.1, 0.15) is 53.4 Å². The van der Waals surface area contributed by atoms with Crippen molar-refractivity contribution in [1.29, 1.82) is 0 Å². The Labute approximate surface area is 245 Å². The average Bonchev–Trinajstić information content (AvgIpc) is 3.67. The van der Waals surface area contributed by atoms with Crippen LogP contribution in [0.15, 0.2) is 93.6 Å². The largest absolute Gasteiger partial charge is 0.481 e. The number of carbonyl (C=O) groups is 2. The maximum atomic E-state index is 12.0. The van der Waals surface area contributed by atoms with Crippen molar-refractivity contribution in [2.24, 2.45) is 15.9 Å². The average molecular weight is 567 g/mol. The van der Waals surface area contributed by atoms with Crippen molar-refractivity contribution in [2.75, 3.05) is 0 Å². The smallest absolute Gasteiger partial charge is 0.303 e. The van der Waals surface area contributed by atoms with E-state index in [1.165, 1.54) is 0 Å². The van der Waals surface area contributed by atoms with Gasteiger partial charge in [-0.05, 0) is 98.4 Å². The number of fused-ring (bicyclic) bond motifs is 6. The van der Waals surface area contributed by atoms with Gasteiger partial charge in [0.1, 0.15) is 0 Å². The Kier molecular flexibility index (Phi) is 7.31. The monoisotopic (exact) mass is 566 g/mol. The van der Waals surface area contributed by atoms with Crippen molar-refractivity contribution >= 4 is 35.5 Å². The van der Waals surface area contributed by atoms with Crippen LogP contribution in [0, 0.1) is 5.92 Å². The van der Waals surface area contributed by atoms with E-state index in [4.69, 9.17) is 9.98 Å². The van der Waals surface area contributed by atoms with Gasteiger partial charge in [0.2, 0.25) is 0 Å². The van der Waals surface area contributed by atoms with Crippen LogP contribution >= 0.6 is 0 Å². The molecular formula is C34H38N4O4. The number of carboxylic acids is 2. The summed E-state index contributed by atoms with van der Waals surface area (Å²) in [5, 5.41) is 25.1. The summed E-state index contributed by atoms with van der Waals surface area (Å²) in [6.45, 7) is 16.6. The number of carboxylic acid groups (broad SMARTS) is 2. The summed E-state index contributed by atoms with van der Waals surface area (Å²) in [6.07, 6.45) is 14.0. The van der Waals surface area contributed by atoms with Gasteiger partial charge in [-0.1, -0.05) is 25.7 Å². The van der Waals surface area contributed by atoms with E-state index in [1.807, 2.05) is 55.5 Å². The molecule has 0 radical (unpaired) electrons. The zero-order chi connectivity index (χ0) is 30.4. The number of hydrogen-bond donors (Lipinski definition) is 4. The topological polar surface area (TPSA) is 127 Å². The standard InChI is InChI=1S/C34H38N4O4/c1-7-27-21(4)33(8-2)22(5)34(16-15-31(41)42)28(13-14-30(39)40)20(3)29(37-34)18-25-10-9-23(35-25)17-24-11-12-26(36-24)19-32(27,6)38-33/h7-12,17-19,22,35,38H,1-2,13-16H2,3-6H3,(H,39,40)(H,41,42). The second kappa shape index (κ2) is 10.5. The highest BCUT2D eigenvalue weighted by atomic mass is 16.4. The summed E-state index contributed by atoms with van der Waals surface area (Å²) in [5.74, 6) is -2.19. The third kappa shape index (κ3) is 4.69. The zero-order valence-electron chi connectivity index (χ0n) is 24.6. The summed E-state index contributed by atoms with van der Waals surface area (Å²) in [4.78, 5) is 37.4. The van der Waals surface area contributed by atoms with Crippen molar-refractivity contribution in [3.05, 3.63) is 94.4 Å². The number of aliphatic imine (C=N–C) groups is 2. The molecule has 4 unspecified atom stereocenters. The maximum absolute atomic E-state index is 12.0. The number of nitrogens with zero attached hydrogens (tertiary/aromatic N) is 2. The summed E-state index contributed by atoms with van der Waals surface area (Å²) in [5.41, 5.74) is 3.55. The van der Waals surface area contributed by atoms with Crippen molar-refractivity contribution in [3.63, 3.8) is 0 Å². The van der Waals surface area contributed by atoms with Crippen molar-refractivity contribution in [3.8, 4) is 0 Å². The van der Waals surface area contributed by atoms with Crippen LogP contribution in [-0.2, 0) is 9.59 Å². The third-order valence-electron chi connectivity index (χ3n) is 9.41. The molecule has 0 amide bonds. The number of hydrogen-bond acceptors (Lipinski definition) is 5. The first-order valence-electron chi connectivity index (χ1n) is 14.3. The van der Waals surface area contributed by atoms with E-state index >= 15 is 0 Å². The third-order valence-corrected chi connectivity index (χ3v) is 9.41. The van der Waals surface area contributed by atoms with Crippen LogP contribution < -0.4 is 16.0 Å². The lowest BCUT2D eigenvalue weighted by molar-refractivity contribution is -0.138. The summed E-state index contributed by atoms with van der Waals surface area (Å²) >= 11 is 0. The molecule has 0 saturated heterocycles. The second-order valence-corrected chi connectivity index (χ2v) is 11.8. The van der Waals surface area contributed by atoms with Gasteiger partial charge in [0.05, 0.1) is 33.7 Å². The zero-order valence-corrected chi connectivity index (χ0v) is 24.6. The Morgan fingerprint density at radius 2 is 1.76 bits per heavy atom. The molecule has 4 aliphatic heterocycles. The van der Waals surface area contributed by atoms with Gasteiger partial charge in [-0.15, -0.1) is 6.58 Å². The first-order chi connectivity index (χ1) is 19.9. The Morgan fingerprint density at radius 1 is 1.07 bits per heavy atom. The molecule has 218 valence electrons. The quantitative estimate of drug-likeness (QED) is 0.352. The number of aromatic nitrogens is 1. The predicted molar refractivity (Wildman–Crippen MR) is 167 cm³/mol. The molecular weight excluding hydrogens is 528 g/mol. The van der Waals surface area contributed by atoms with Crippen LogP contribution in [0.5, 0.6) is 0 Å². The molecule has 4 atom stereocenters. The molecule has 0 fully saturated rings. The number of nitrogens with one attached hydrogen (secondary N) is 2. The maximum Gasteiger partial charge on any atom is 0.303 e. The lowest BCUT2D eigenvalue weighted by atomic mass is 9.64. The van der Waals surface area contributed by atoms with E-state index < -0.39 is 28.6 Å². The van der Waals surface area contributed by atoms with E-state index in [2.05, 4.69) is 50.3 Å². The fourth-order valence-electron chi connectivity index (χ4n) is 7.33. The number of H-pyrrole nitrogens is 1. The van der Waals surface area contributed by atoms with Gasteiger partial charge in [0.25, 0.3) is 0 Å². The molecule has 42 heavy (non-hydrogen) atoms. The summed E-state index contributed by atoms with van der Waals surface area (Å²) in [7, 11) is 0. The summed E-state index contributed by atoms with van der Waals surface area (Å²) < 4.78 is 0. The van der Waals surface area contributed by atoms with E-state index in [-0.39, 0.29) is 31.6 Å². The fourth-order valence-corrected chi connectivity index (χ4v) is 7.33. The lowest BCUT2D eigenvalue weighted by Gasteiger charge is -2.47. The Morgan fingerprint density at radius 3 is 2.40 bits per heavy atom. The van der Waals surface area contributed by atoms with Gasteiger partial charge < -0.3 is 15.2 Å². The molecule has 1 aromatic heterocycles. The minimum atomic E-state index is -1.01.